The summed E-state index contributed by atoms with van der Waals surface area (Å²) in [5.74, 6) is -2.18. The maximum Gasteiger partial charge on any atom is 0.335 e. The van der Waals surface area contributed by atoms with Crippen LogP contribution in [0.15, 0.2) is 0 Å². The normalized spacial score (nSPS) is 25.7. The van der Waals surface area contributed by atoms with Crippen molar-refractivity contribution in [2.45, 2.75) is 121 Å². The van der Waals surface area contributed by atoms with E-state index in [2.05, 4.69) is 0 Å². The largest absolute Gasteiger partial charge is 0.481 e. The molecule has 0 aromatic rings. The fourth-order valence-electron chi connectivity index (χ4n) is 3.63. The van der Waals surface area contributed by atoms with Gasteiger partial charge in [0.1, 0.15) is 18.3 Å². The van der Waals surface area contributed by atoms with Crippen molar-refractivity contribution in [2.24, 2.45) is 0 Å². The first-order valence-corrected chi connectivity index (χ1v) is 11.8. The minimum absolute atomic E-state index is 0.245. The van der Waals surface area contributed by atoms with Gasteiger partial charge in [0.2, 0.25) is 6.29 Å². The lowest BCUT2D eigenvalue weighted by Gasteiger charge is -2.37. The number of ether oxygens (including phenoxy) is 1. The Hall–Kier alpha value is -1.30. The Morgan fingerprint density at radius 2 is 1.12 bits per heavy atom. The van der Waals surface area contributed by atoms with Crippen molar-refractivity contribution in [3.63, 3.8) is 0 Å². The van der Waals surface area contributed by atoms with Gasteiger partial charge >= 0.3 is 11.9 Å². The average Bonchev–Trinajstić information content (AvgIpc) is 2.75. The molecule has 1 fully saturated rings. The zero-order valence-corrected chi connectivity index (χ0v) is 18.8. The first-order valence-electron chi connectivity index (χ1n) is 11.8. The minimum Gasteiger partial charge on any atom is -0.481 e. The van der Waals surface area contributed by atoms with E-state index in [9.17, 15) is 24.9 Å². The molecule has 10 heteroatoms. The van der Waals surface area contributed by atoms with Gasteiger partial charge in [-0.3, -0.25) is 4.79 Å². The molecule has 1 aliphatic heterocycles. The predicted molar refractivity (Wildman–Crippen MR) is 114 cm³/mol. The van der Waals surface area contributed by atoms with Crippen molar-refractivity contribution in [1.29, 1.82) is 0 Å². The zero-order chi connectivity index (χ0) is 23.8. The minimum atomic E-state index is -1.75. The van der Waals surface area contributed by atoms with Gasteiger partial charge in [-0.2, -0.15) is 0 Å². The topological polar surface area (TPSA) is 163 Å². The van der Waals surface area contributed by atoms with Crippen LogP contribution in [0.3, 0.4) is 0 Å². The lowest BCUT2D eigenvalue weighted by Crippen LogP contribution is -2.60. The molecule has 0 radical (unpaired) electrons. The van der Waals surface area contributed by atoms with Crippen LogP contribution in [-0.2, 0) is 24.1 Å². The number of rotatable bonds is 19. The number of hydrogen-bond donors (Lipinski definition) is 5. The molecular formula is C22H40O10. The van der Waals surface area contributed by atoms with E-state index in [0.29, 0.717) is 0 Å². The second-order valence-corrected chi connectivity index (χ2v) is 8.39. The molecule has 0 aromatic heterocycles. The second kappa shape index (κ2) is 17.2. The van der Waals surface area contributed by atoms with Crippen LogP contribution in [0.2, 0.25) is 0 Å². The molecule has 5 N–H and O–H groups in total. The number of carbonyl (C=O) groups is 2. The Labute approximate surface area is 189 Å². The number of hydrogen-bond acceptors (Lipinski definition) is 8. The summed E-state index contributed by atoms with van der Waals surface area (Å²) in [5.41, 5.74) is 0. The Kier molecular flexibility index (Phi) is 15.5. The highest BCUT2D eigenvalue weighted by atomic mass is 17.2. The lowest BCUT2D eigenvalue weighted by molar-refractivity contribution is -0.421. The molecule has 1 rings (SSSR count). The van der Waals surface area contributed by atoms with Crippen LogP contribution < -0.4 is 0 Å². The van der Waals surface area contributed by atoms with Crippen LogP contribution in [0.5, 0.6) is 0 Å². The number of carboxylic acids is 2. The summed E-state index contributed by atoms with van der Waals surface area (Å²) in [4.78, 5) is 31.3. The van der Waals surface area contributed by atoms with E-state index < -0.39 is 42.6 Å². The number of aliphatic hydroxyl groups excluding tert-OH is 3. The van der Waals surface area contributed by atoms with Crippen molar-refractivity contribution < 1.29 is 49.6 Å². The number of carboxylic acid groups (broad SMARTS) is 2. The summed E-state index contributed by atoms with van der Waals surface area (Å²) in [5, 5.41) is 46.6. The Balaban J connectivity index is 1.90. The van der Waals surface area contributed by atoms with E-state index >= 15 is 0 Å². The summed E-state index contributed by atoms with van der Waals surface area (Å²) in [7, 11) is 0. The SMILES string of the molecule is O=C(O)CCCCCCCCCCCCCCCOO[C@@H]1O[C@H](C(=O)O)[C@@H](O)[C@H](O)[C@H]1O. The molecule has 5 atom stereocenters. The third-order valence-electron chi connectivity index (χ3n) is 5.59. The van der Waals surface area contributed by atoms with Crippen LogP contribution in [0, 0.1) is 0 Å². The van der Waals surface area contributed by atoms with Crippen LogP contribution in [0.4, 0.5) is 0 Å². The summed E-state index contributed by atoms with van der Waals surface area (Å²) < 4.78 is 4.95. The highest BCUT2D eigenvalue weighted by molar-refractivity contribution is 5.73. The maximum atomic E-state index is 11.0. The van der Waals surface area contributed by atoms with Crippen LogP contribution in [0.1, 0.15) is 89.9 Å². The quantitative estimate of drug-likeness (QED) is 0.109. The molecule has 1 heterocycles. The molecule has 1 saturated heterocycles. The molecule has 0 unspecified atom stereocenters. The Bertz CT molecular complexity index is 515. The van der Waals surface area contributed by atoms with E-state index in [0.717, 1.165) is 44.9 Å². The van der Waals surface area contributed by atoms with Gasteiger partial charge in [-0.25, -0.2) is 14.6 Å². The molecule has 0 saturated carbocycles. The van der Waals surface area contributed by atoms with Gasteiger partial charge in [0.15, 0.2) is 6.10 Å². The summed E-state index contributed by atoms with van der Waals surface area (Å²) in [6.07, 6.45) is 6.08. The van der Waals surface area contributed by atoms with E-state index in [4.69, 9.17) is 24.7 Å². The molecule has 0 bridgehead atoms. The summed E-state index contributed by atoms with van der Waals surface area (Å²) >= 11 is 0. The van der Waals surface area contributed by atoms with Crippen LogP contribution >= 0.6 is 0 Å². The van der Waals surface area contributed by atoms with E-state index in [1.807, 2.05) is 0 Å². The Morgan fingerprint density at radius 3 is 1.59 bits per heavy atom. The van der Waals surface area contributed by atoms with Crippen molar-refractivity contribution in [2.75, 3.05) is 6.61 Å². The van der Waals surface area contributed by atoms with Gasteiger partial charge in [-0.15, -0.1) is 0 Å². The monoisotopic (exact) mass is 464 g/mol. The van der Waals surface area contributed by atoms with Gasteiger partial charge < -0.3 is 30.3 Å². The first-order chi connectivity index (χ1) is 15.3. The maximum absolute atomic E-state index is 11.0. The van der Waals surface area contributed by atoms with E-state index in [1.165, 1.54) is 38.5 Å². The summed E-state index contributed by atoms with van der Waals surface area (Å²) in [6.45, 7) is 0.245. The van der Waals surface area contributed by atoms with Crippen LogP contribution in [0.25, 0.3) is 0 Å². The number of aliphatic carboxylic acids is 2. The third kappa shape index (κ3) is 12.1. The second-order valence-electron chi connectivity index (χ2n) is 8.39. The average molecular weight is 465 g/mol. The highest BCUT2D eigenvalue weighted by Crippen LogP contribution is 2.22. The van der Waals surface area contributed by atoms with Crippen LogP contribution in [-0.4, -0.2) is 74.8 Å². The van der Waals surface area contributed by atoms with Gasteiger partial charge in [0.05, 0.1) is 6.61 Å². The first kappa shape index (κ1) is 28.7. The molecule has 0 aromatic carbocycles. The van der Waals surface area contributed by atoms with Gasteiger partial charge in [0, 0.05) is 6.42 Å². The molecular weight excluding hydrogens is 424 g/mol. The number of aliphatic hydroxyl groups is 3. The number of unbranched alkanes of at least 4 members (excludes halogenated alkanes) is 12. The smallest absolute Gasteiger partial charge is 0.335 e. The molecule has 0 spiro atoms. The molecule has 32 heavy (non-hydrogen) atoms. The van der Waals surface area contributed by atoms with Crippen molar-refractivity contribution in [3.8, 4) is 0 Å². The molecule has 0 aliphatic carbocycles. The molecule has 1 aliphatic rings. The van der Waals surface area contributed by atoms with Gasteiger partial charge in [-0.05, 0) is 12.8 Å². The van der Waals surface area contributed by atoms with Crippen molar-refractivity contribution in [3.05, 3.63) is 0 Å². The van der Waals surface area contributed by atoms with Crippen molar-refractivity contribution in [1.82, 2.24) is 0 Å². The molecule has 0 amide bonds. The fraction of sp³-hybridized carbons (Fsp3) is 0.909. The van der Waals surface area contributed by atoms with Crippen molar-refractivity contribution >= 4 is 11.9 Å². The lowest BCUT2D eigenvalue weighted by atomic mass is 9.99. The van der Waals surface area contributed by atoms with Gasteiger partial charge in [0.25, 0.3) is 0 Å². The molecule has 10 nitrogen and oxygen atoms in total. The predicted octanol–water partition coefficient (Wildman–Crippen LogP) is 2.37. The Morgan fingerprint density at radius 1 is 0.656 bits per heavy atom. The zero-order valence-electron chi connectivity index (χ0n) is 18.8. The van der Waals surface area contributed by atoms with E-state index in [-0.39, 0.29) is 13.0 Å². The molecule has 188 valence electrons. The van der Waals surface area contributed by atoms with E-state index in [1.54, 1.807) is 0 Å². The van der Waals surface area contributed by atoms with Gasteiger partial charge in [-0.1, -0.05) is 70.6 Å². The third-order valence-corrected chi connectivity index (χ3v) is 5.59. The standard InChI is InChI=1S/C22H40O10/c23-16(24)14-12-10-8-6-4-2-1-3-5-7-9-11-13-15-30-32-22-19(27)17(25)18(26)20(31-22)21(28)29/h17-20,22,25-27H,1-15H2,(H,23,24)(H,28,29)/t17-,18-,19+,20-,22-/m0/s1. The highest BCUT2D eigenvalue weighted by Gasteiger charge is 2.48. The summed E-state index contributed by atoms with van der Waals surface area (Å²) in [6, 6.07) is 0. The fourth-order valence-corrected chi connectivity index (χ4v) is 3.63.